The molecule has 4 saturated heterocycles. The molecule has 4 heterocycles. The molecule has 4 nitrogen and oxygen atoms in total. The van der Waals surface area contributed by atoms with Gasteiger partial charge >= 0.3 is 0 Å². The molecule has 0 atom stereocenters. The highest BCUT2D eigenvalue weighted by molar-refractivity contribution is 9.10. The molecule has 5 heteroatoms. The monoisotopic (exact) mass is 408 g/mol. The van der Waals surface area contributed by atoms with Crippen molar-refractivity contribution in [1.29, 1.82) is 0 Å². The van der Waals surface area contributed by atoms with Crippen LogP contribution in [-0.4, -0.2) is 52.3 Å². The Balaban J connectivity index is 1.79. The standard InChI is InChI=1S/C20H29BrN2O2/c1-12(2)19-8-22-10-20(13(3)4,18(19)25)11-23(9-19)17(22)15-6-5-14(21)7-16(15)24/h5-7,12-13,17-18,24-25H,8-11H2,1-4H3. The Labute approximate surface area is 158 Å². The number of halogens is 1. The Morgan fingerprint density at radius 1 is 1.00 bits per heavy atom. The maximum atomic E-state index is 11.4. The van der Waals surface area contributed by atoms with Crippen LogP contribution in [0.5, 0.6) is 5.75 Å². The minimum Gasteiger partial charge on any atom is -0.508 e. The molecule has 138 valence electrons. The molecule has 2 N–H and O–H groups in total. The normalized spacial score (nSPS) is 42.6. The van der Waals surface area contributed by atoms with Gasteiger partial charge in [-0.1, -0.05) is 49.7 Å². The van der Waals surface area contributed by atoms with E-state index in [0.717, 1.165) is 36.2 Å². The maximum Gasteiger partial charge on any atom is 0.122 e. The fourth-order valence-electron chi connectivity index (χ4n) is 5.71. The van der Waals surface area contributed by atoms with E-state index in [9.17, 15) is 10.2 Å². The predicted octanol–water partition coefficient (Wildman–Crippen LogP) is 3.44. The number of aliphatic hydroxyl groups is 1. The number of aliphatic hydroxyl groups excluding tert-OH is 1. The lowest BCUT2D eigenvalue weighted by Crippen LogP contribution is -2.80. The number of phenols is 1. The van der Waals surface area contributed by atoms with Gasteiger partial charge in [0.15, 0.2) is 0 Å². The number of phenolic OH excluding ortho intramolecular Hbond substituents is 1. The molecule has 0 amide bonds. The molecule has 0 unspecified atom stereocenters. The summed E-state index contributed by atoms with van der Waals surface area (Å²) in [4.78, 5) is 5.01. The fraction of sp³-hybridized carbons (Fsp3) is 0.700. The smallest absolute Gasteiger partial charge is 0.122 e. The Hall–Kier alpha value is -0.620. The Morgan fingerprint density at radius 3 is 1.88 bits per heavy atom. The van der Waals surface area contributed by atoms with Crippen molar-refractivity contribution in [2.75, 3.05) is 26.2 Å². The SMILES string of the molecule is CC(C)C12CN3CC(C(C)C)(CN(C1)C3c1ccc(Br)cc1O)C2O. The minimum absolute atomic E-state index is 0.0811. The van der Waals surface area contributed by atoms with Gasteiger partial charge in [0.1, 0.15) is 5.75 Å². The highest BCUT2D eigenvalue weighted by Crippen LogP contribution is 2.59. The lowest BCUT2D eigenvalue weighted by atomic mass is 9.52. The van der Waals surface area contributed by atoms with Crippen molar-refractivity contribution in [2.24, 2.45) is 22.7 Å². The summed E-state index contributed by atoms with van der Waals surface area (Å²) in [7, 11) is 0. The second-order valence-corrected chi connectivity index (χ2v) is 9.98. The lowest BCUT2D eigenvalue weighted by Gasteiger charge is -2.71. The summed E-state index contributed by atoms with van der Waals surface area (Å²) in [5, 5.41) is 21.9. The molecule has 0 radical (unpaired) electrons. The maximum absolute atomic E-state index is 11.4. The van der Waals surface area contributed by atoms with Gasteiger partial charge in [-0.15, -0.1) is 0 Å². The van der Waals surface area contributed by atoms with Crippen LogP contribution in [0.3, 0.4) is 0 Å². The third-order valence-corrected chi connectivity index (χ3v) is 7.83. The van der Waals surface area contributed by atoms with Crippen LogP contribution >= 0.6 is 15.9 Å². The summed E-state index contributed by atoms with van der Waals surface area (Å²) in [6.45, 7) is 12.6. The van der Waals surface area contributed by atoms with Crippen LogP contribution in [0.1, 0.15) is 39.4 Å². The molecule has 1 aromatic rings. The second-order valence-electron chi connectivity index (χ2n) is 9.07. The lowest BCUT2D eigenvalue weighted by molar-refractivity contribution is -0.287. The molecule has 1 aromatic carbocycles. The van der Waals surface area contributed by atoms with Gasteiger partial charge in [-0.3, -0.25) is 9.80 Å². The quantitative estimate of drug-likeness (QED) is 0.803. The van der Waals surface area contributed by atoms with E-state index in [1.54, 1.807) is 6.07 Å². The largest absolute Gasteiger partial charge is 0.508 e. The third-order valence-electron chi connectivity index (χ3n) is 7.34. The van der Waals surface area contributed by atoms with E-state index in [4.69, 9.17) is 0 Å². The molecular formula is C20H29BrN2O2. The molecule has 4 bridgehead atoms. The molecular weight excluding hydrogens is 380 g/mol. The van der Waals surface area contributed by atoms with Gasteiger partial charge in [0.05, 0.1) is 12.3 Å². The van der Waals surface area contributed by atoms with Crippen molar-refractivity contribution < 1.29 is 10.2 Å². The number of nitrogens with zero attached hydrogens (tertiary/aromatic N) is 2. The van der Waals surface area contributed by atoms with E-state index >= 15 is 0 Å². The average Bonchev–Trinajstić information content (AvgIpc) is 2.51. The van der Waals surface area contributed by atoms with E-state index in [-0.39, 0.29) is 23.1 Å². The minimum atomic E-state index is -0.257. The van der Waals surface area contributed by atoms with Crippen LogP contribution in [0, 0.1) is 22.7 Å². The molecule has 25 heavy (non-hydrogen) atoms. The first kappa shape index (κ1) is 17.8. The number of rotatable bonds is 3. The number of hydrogen-bond acceptors (Lipinski definition) is 4. The van der Waals surface area contributed by atoms with Crippen LogP contribution in [0.15, 0.2) is 22.7 Å². The summed E-state index contributed by atoms with van der Waals surface area (Å²) < 4.78 is 0.898. The van der Waals surface area contributed by atoms with Crippen molar-refractivity contribution in [3.05, 3.63) is 28.2 Å². The van der Waals surface area contributed by atoms with Gasteiger partial charge in [0.2, 0.25) is 0 Å². The molecule has 4 fully saturated rings. The van der Waals surface area contributed by atoms with Crippen molar-refractivity contribution >= 4 is 15.9 Å². The van der Waals surface area contributed by atoms with Gasteiger partial charge in [0, 0.05) is 47.0 Å². The fourth-order valence-corrected chi connectivity index (χ4v) is 6.06. The highest BCUT2D eigenvalue weighted by atomic mass is 79.9. The third kappa shape index (κ3) is 2.29. The van der Waals surface area contributed by atoms with Gasteiger partial charge in [0.25, 0.3) is 0 Å². The zero-order chi connectivity index (χ0) is 18.1. The van der Waals surface area contributed by atoms with Crippen molar-refractivity contribution in [3.8, 4) is 5.75 Å². The molecule has 5 rings (SSSR count). The number of benzene rings is 1. The van der Waals surface area contributed by atoms with Crippen LogP contribution in [0.2, 0.25) is 0 Å². The first-order chi connectivity index (χ1) is 11.7. The molecule has 0 saturated carbocycles. The molecule has 4 aliphatic heterocycles. The summed E-state index contributed by atoms with van der Waals surface area (Å²) in [5.41, 5.74) is 0.819. The second kappa shape index (κ2) is 5.69. The first-order valence-electron chi connectivity index (χ1n) is 9.36. The summed E-state index contributed by atoms with van der Waals surface area (Å²) in [6, 6.07) is 5.83. The zero-order valence-electron chi connectivity index (χ0n) is 15.5. The van der Waals surface area contributed by atoms with Gasteiger partial charge < -0.3 is 10.2 Å². The van der Waals surface area contributed by atoms with Crippen LogP contribution in [-0.2, 0) is 0 Å². The summed E-state index contributed by atoms with van der Waals surface area (Å²) in [6.07, 6.45) is -0.147. The van der Waals surface area contributed by atoms with Crippen molar-refractivity contribution in [3.63, 3.8) is 0 Å². The van der Waals surface area contributed by atoms with Crippen LogP contribution in [0.25, 0.3) is 0 Å². The number of hydrogen-bond donors (Lipinski definition) is 2. The zero-order valence-corrected chi connectivity index (χ0v) is 17.1. The highest BCUT2D eigenvalue weighted by Gasteiger charge is 2.67. The summed E-state index contributed by atoms with van der Waals surface area (Å²) in [5.74, 6) is 1.20. The molecule has 4 aliphatic rings. The topological polar surface area (TPSA) is 46.9 Å². The predicted molar refractivity (Wildman–Crippen MR) is 102 cm³/mol. The van der Waals surface area contributed by atoms with Crippen molar-refractivity contribution in [1.82, 2.24) is 9.80 Å². The van der Waals surface area contributed by atoms with Gasteiger partial charge in [-0.25, -0.2) is 0 Å². The van der Waals surface area contributed by atoms with Crippen LogP contribution in [0.4, 0.5) is 0 Å². The molecule has 0 aromatic heterocycles. The van der Waals surface area contributed by atoms with E-state index in [1.807, 2.05) is 12.1 Å². The van der Waals surface area contributed by atoms with E-state index in [0.29, 0.717) is 17.6 Å². The molecule has 0 aliphatic carbocycles. The summed E-state index contributed by atoms with van der Waals surface area (Å²) >= 11 is 3.44. The van der Waals surface area contributed by atoms with Gasteiger partial charge in [-0.2, -0.15) is 0 Å². The van der Waals surface area contributed by atoms with Crippen LogP contribution < -0.4 is 0 Å². The average molecular weight is 409 g/mol. The van der Waals surface area contributed by atoms with Gasteiger partial charge in [-0.05, 0) is 24.0 Å². The molecule has 0 spiro atoms. The number of piperidine rings is 2. The van der Waals surface area contributed by atoms with E-state index in [1.165, 1.54) is 0 Å². The van der Waals surface area contributed by atoms with E-state index < -0.39 is 0 Å². The Morgan fingerprint density at radius 2 is 1.48 bits per heavy atom. The van der Waals surface area contributed by atoms with E-state index in [2.05, 4.69) is 53.4 Å². The Bertz CT molecular complexity index is 646. The van der Waals surface area contributed by atoms with Crippen molar-refractivity contribution in [2.45, 2.75) is 40.0 Å². The number of aromatic hydroxyl groups is 1. The first-order valence-corrected chi connectivity index (χ1v) is 10.2. The Kier molecular flexibility index (Phi) is 4.04.